The average molecular weight is 466 g/mol. The first-order valence-electron chi connectivity index (χ1n) is 9.99. The zero-order valence-electron chi connectivity index (χ0n) is 17.8. The van der Waals surface area contributed by atoms with Crippen molar-refractivity contribution in [1.82, 2.24) is 34.8 Å². The van der Waals surface area contributed by atoms with Crippen LogP contribution in [-0.2, 0) is 7.05 Å². The number of benzene rings is 1. The SMILES string of the molecule is C[C@@H](CO)NC(=O)c1cc(-c2cnc(-c3ccc(Cl)cc3)nc2)nn(-c2cnn(C)c2)c1=O. The lowest BCUT2D eigenvalue weighted by molar-refractivity contribution is 0.0920. The summed E-state index contributed by atoms with van der Waals surface area (Å²) in [5.41, 5.74) is 1.26. The molecule has 10 nitrogen and oxygen atoms in total. The molecule has 1 atom stereocenters. The first-order valence-corrected chi connectivity index (χ1v) is 10.4. The van der Waals surface area contributed by atoms with Crippen molar-refractivity contribution in [3.05, 3.63) is 76.1 Å². The van der Waals surface area contributed by atoms with E-state index in [-0.39, 0.29) is 12.2 Å². The fourth-order valence-electron chi connectivity index (χ4n) is 3.05. The van der Waals surface area contributed by atoms with Crippen LogP contribution in [0.5, 0.6) is 0 Å². The van der Waals surface area contributed by atoms with E-state index in [9.17, 15) is 14.7 Å². The third kappa shape index (κ3) is 4.81. The van der Waals surface area contributed by atoms with Gasteiger partial charge in [-0.3, -0.25) is 14.3 Å². The molecule has 0 spiro atoms. The van der Waals surface area contributed by atoms with Crippen LogP contribution in [-0.4, -0.2) is 53.2 Å². The second-order valence-electron chi connectivity index (χ2n) is 7.39. The molecule has 33 heavy (non-hydrogen) atoms. The van der Waals surface area contributed by atoms with Crippen LogP contribution in [0.3, 0.4) is 0 Å². The number of carbonyl (C=O) groups excluding carboxylic acids is 1. The van der Waals surface area contributed by atoms with Crippen LogP contribution in [0.1, 0.15) is 17.3 Å². The third-order valence-electron chi connectivity index (χ3n) is 4.79. The summed E-state index contributed by atoms with van der Waals surface area (Å²) < 4.78 is 2.63. The maximum Gasteiger partial charge on any atom is 0.284 e. The predicted octanol–water partition coefficient (Wildman–Crippen LogP) is 1.85. The maximum absolute atomic E-state index is 13.0. The number of rotatable bonds is 6. The van der Waals surface area contributed by atoms with Crippen LogP contribution in [0.15, 0.2) is 59.9 Å². The van der Waals surface area contributed by atoms with Gasteiger partial charge in [0.2, 0.25) is 0 Å². The van der Waals surface area contributed by atoms with Crippen molar-refractivity contribution in [1.29, 1.82) is 0 Å². The molecule has 4 rings (SSSR count). The van der Waals surface area contributed by atoms with Gasteiger partial charge in [0.05, 0.1) is 24.7 Å². The number of nitrogens with one attached hydrogen (secondary N) is 1. The van der Waals surface area contributed by atoms with Crippen molar-refractivity contribution in [3.8, 4) is 28.3 Å². The highest BCUT2D eigenvalue weighted by Crippen LogP contribution is 2.21. The quantitative estimate of drug-likeness (QED) is 0.444. The number of amides is 1. The predicted molar refractivity (Wildman–Crippen MR) is 122 cm³/mol. The number of hydrogen-bond acceptors (Lipinski definition) is 7. The minimum atomic E-state index is -0.624. The van der Waals surface area contributed by atoms with Gasteiger partial charge in [-0.1, -0.05) is 11.6 Å². The van der Waals surface area contributed by atoms with Crippen LogP contribution in [0.4, 0.5) is 0 Å². The molecule has 0 aliphatic heterocycles. The van der Waals surface area contributed by atoms with Crippen LogP contribution in [0.25, 0.3) is 28.3 Å². The van der Waals surface area contributed by atoms with Crippen LogP contribution in [0.2, 0.25) is 5.02 Å². The summed E-state index contributed by atoms with van der Waals surface area (Å²) >= 11 is 5.94. The normalized spacial score (nSPS) is 11.9. The van der Waals surface area contributed by atoms with Gasteiger partial charge >= 0.3 is 0 Å². The number of hydrogen-bond donors (Lipinski definition) is 2. The highest BCUT2D eigenvalue weighted by molar-refractivity contribution is 6.30. The van der Waals surface area contributed by atoms with Gasteiger partial charge in [0, 0.05) is 41.6 Å². The highest BCUT2D eigenvalue weighted by atomic mass is 35.5. The van der Waals surface area contributed by atoms with Crippen molar-refractivity contribution in [3.63, 3.8) is 0 Å². The number of aliphatic hydroxyl groups is 1. The van der Waals surface area contributed by atoms with Crippen molar-refractivity contribution >= 4 is 17.5 Å². The Morgan fingerprint density at radius 1 is 1.15 bits per heavy atom. The molecule has 3 aromatic heterocycles. The molecule has 0 radical (unpaired) electrons. The van der Waals surface area contributed by atoms with Gasteiger partial charge in [0.15, 0.2) is 5.82 Å². The number of carbonyl (C=O) groups is 1. The molecule has 4 aromatic rings. The molecule has 3 heterocycles. The first kappa shape index (κ1) is 22.3. The summed E-state index contributed by atoms with van der Waals surface area (Å²) in [6, 6.07) is 7.97. The van der Waals surface area contributed by atoms with E-state index in [2.05, 4.69) is 25.5 Å². The Balaban J connectivity index is 1.78. The number of aromatic nitrogens is 6. The van der Waals surface area contributed by atoms with Gasteiger partial charge in [-0.15, -0.1) is 0 Å². The Labute approximate surface area is 193 Å². The smallest absolute Gasteiger partial charge is 0.284 e. The number of aryl methyl sites for hydroxylation is 1. The van der Waals surface area contributed by atoms with E-state index in [0.717, 1.165) is 10.2 Å². The van der Waals surface area contributed by atoms with E-state index in [0.29, 0.717) is 27.8 Å². The van der Waals surface area contributed by atoms with Gasteiger partial charge in [0.1, 0.15) is 11.3 Å². The summed E-state index contributed by atoms with van der Waals surface area (Å²) in [7, 11) is 1.71. The van der Waals surface area contributed by atoms with E-state index in [1.807, 2.05) is 12.1 Å². The van der Waals surface area contributed by atoms with Gasteiger partial charge in [-0.05, 0) is 37.3 Å². The van der Waals surface area contributed by atoms with Crippen molar-refractivity contribution < 1.29 is 9.90 Å². The van der Waals surface area contributed by atoms with Gasteiger partial charge in [-0.25, -0.2) is 9.97 Å². The lowest BCUT2D eigenvalue weighted by Gasteiger charge is -2.13. The zero-order chi connectivity index (χ0) is 23.5. The van der Waals surface area contributed by atoms with Gasteiger partial charge in [0.25, 0.3) is 11.5 Å². The Morgan fingerprint density at radius 2 is 1.85 bits per heavy atom. The minimum Gasteiger partial charge on any atom is -0.394 e. The molecule has 1 amide bonds. The lowest BCUT2D eigenvalue weighted by atomic mass is 10.1. The van der Waals surface area contributed by atoms with E-state index in [1.165, 1.54) is 16.9 Å². The lowest BCUT2D eigenvalue weighted by Crippen LogP contribution is -2.39. The van der Waals surface area contributed by atoms with Crippen molar-refractivity contribution in [2.45, 2.75) is 13.0 Å². The first-order chi connectivity index (χ1) is 15.9. The molecule has 0 saturated carbocycles. The fraction of sp³-hybridized carbons (Fsp3) is 0.182. The minimum absolute atomic E-state index is 0.133. The summed E-state index contributed by atoms with van der Waals surface area (Å²) in [5.74, 6) is -0.132. The molecule has 0 aliphatic carbocycles. The van der Waals surface area contributed by atoms with E-state index >= 15 is 0 Å². The molecular formula is C22H20ClN7O3. The molecule has 0 aliphatic rings. The van der Waals surface area contributed by atoms with E-state index in [1.54, 1.807) is 44.7 Å². The summed E-state index contributed by atoms with van der Waals surface area (Å²) in [6.07, 6.45) is 6.21. The van der Waals surface area contributed by atoms with Crippen molar-refractivity contribution in [2.24, 2.45) is 7.05 Å². The number of halogens is 1. The Morgan fingerprint density at radius 3 is 2.45 bits per heavy atom. The molecular weight excluding hydrogens is 446 g/mol. The van der Waals surface area contributed by atoms with Gasteiger partial charge < -0.3 is 10.4 Å². The van der Waals surface area contributed by atoms with Crippen LogP contribution in [0, 0.1) is 0 Å². The van der Waals surface area contributed by atoms with Crippen molar-refractivity contribution in [2.75, 3.05) is 6.61 Å². The number of aliphatic hydroxyl groups excluding tert-OH is 1. The zero-order valence-corrected chi connectivity index (χ0v) is 18.6. The second kappa shape index (κ2) is 9.31. The standard InChI is InChI=1S/C22H20ClN7O3/c1-13(12-31)27-21(32)18-7-19(28-30(22(18)33)17-10-26-29(2)11-17)15-8-24-20(25-9-15)14-3-5-16(23)6-4-14/h3-11,13,31H,12H2,1-2H3,(H,27,32)/t13-/m0/s1. The summed E-state index contributed by atoms with van der Waals surface area (Å²) in [6.45, 7) is 1.36. The number of nitrogens with zero attached hydrogens (tertiary/aromatic N) is 6. The van der Waals surface area contributed by atoms with Crippen LogP contribution < -0.4 is 10.9 Å². The fourth-order valence-corrected chi connectivity index (χ4v) is 3.17. The van der Waals surface area contributed by atoms with E-state index < -0.39 is 17.5 Å². The Kier molecular flexibility index (Phi) is 6.29. The van der Waals surface area contributed by atoms with Gasteiger partial charge in [-0.2, -0.15) is 14.9 Å². The molecule has 0 saturated heterocycles. The average Bonchev–Trinajstić information content (AvgIpc) is 3.25. The molecule has 0 unspecified atom stereocenters. The largest absolute Gasteiger partial charge is 0.394 e. The highest BCUT2D eigenvalue weighted by Gasteiger charge is 2.19. The third-order valence-corrected chi connectivity index (χ3v) is 5.05. The van der Waals surface area contributed by atoms with E-state index in [4.69, 9.17) is 11.6 Å². The molecule has 168 valence electrons. The maximum atomic E-state index is 13.0. The molecule has 11 heteroatoms. The second-order valence-corrected chi connectivity index (χ2v) is 7.83. The monoisotopic (exact) mass is 465 g/mol. The molecule has 0 bridgehead atoms. The Bertz CT molecular complexity index is 1350. The summed E-state index contributed by atoms with van der Waals surface area (Å²) in [5, 5.41) is 20.9. The van der Waals surface area contributed by atoms with Crippen LogP contribution >= 0.6 is 11.6 Å². The molecule has 1 aromatic carbocycles. The Hall–Kier alpha value is -3.89. The molecule has 2 N–H and O–H groups in total. The summed E-state index contributed by atoms with van der Waals surface area (Å²) in [4.78, 5) is 34.6. The topological polar surface area (TPSA) is 128 Å². The molecule has 0 fully saturated rings.